The van der Waals surface area contributed by atoms with Crippen molar-refractivity contribution in [2.45, 2.75) is 18.9 Å². The summed E-state index contributed by atoms with van der Waals surface area (Å²) in [5.41, 5.74) is 0.592. The summed E-state index contributed by atoms with van der Waals surface area (Å²) in [4.78, 5) is 11.8. The van der Waals surface area contributed by atoms with Crippen molar-refractivity contribution >= 4 is 21.8 Å². The molecule has 1 atom stereocenters. The summed E-state index contributed by atoms with van der Waals surface area (Å²) in [7, 11) is 1.82. The van der Waals surface area contributed by atoms with Crippen LogP contribution in [0.2, 0.25) is 0 Å². The lowest BCUT2D eigenvalue weighted by Gasteiger charge is -2.10. The van der Waals surface area contributed by atoms with Gasteiger partial charge in [0.15, 0.2) is 0 Å². The lowest BCUT2D eigenvalue weighted by atomic mass is 10.2. The second-order valence-electron chi connectivity index (χ2n) is 4.27. The fourth-order valence-electron chi connectivity index (χ4n) is 1.69. The van der Waals surface area contributed by atoms with Crippen molar-refractivity contribution in [3.63, 3.8) is 0 Å². The first-order valence-electron chi connectivity index (χ1n) is 5.36. The predicted octanol–water partition coefficient (Wildman–Crippen LogP) is 1.29. The minimum absolute atomic E-state index is 0.145. The molecule has 0 aromatic carbocycles. The number of nitrogens with one attached hydrogen (secondary N) is 1. The molecule has 1 amide bonds. The second kappa shape index (κ2) is 4.59. The molecule has 1 aromatic heterocycles. The molecule has 2 N–H and O–H groups in total. The molecule has 0 bridgehead atoms. The molecule has 16 heavy (non-hydrogen) atoms. The molecule has 0 saturated heterocycles. The molecule has 1 saturated carbocycles. The van der Waals surface area contributed by atoms with Crippen molar-refractivity contribution in [1.29, 1.82) is 0 Å². The van der Waals surface area contributed by atoms with Gasteiger partial charge in [0.2, 0.25) is 0 Å². The number of aliphatic hydroxyl groups excluding tert-OH is 1. The molecular formula is C11H15BrN2O2. The molecule has 0 spiro atoms. The summed E-state index contributed by atoms with van der Waals surface area (Å²) < 4.78 is 2.63. The second-order valence-corrected chi connectivity index (χ2v) is 5.18. The van der Waals surface area contributed by atoms with Crippen LogP contribution < -0.4 is 5.32 Å². The van der Waals surface area contributed by atoms with Gasteiger partial charge in [0.05, 0.1) is 6.10 Å². The third kappa shape index (κ3) is 2.65. The molecule has 88 valence electrons. The van der Waals surface area contributed by atoms with Gasteiger partial charge in [-0.15, -0.1) is 0 Å². The van der Waals surface area contributed by atoms with E-state index in [1.54, 1.807) is 10.6 Å². The maximum atomic E-state index is 11.8. The molecule has 1 unspecified atom stereocenters. The van der Waals surface area contributed by atoms with E-state index in [2.05, 4.69) is 21.2 Å². The highest BCUT2D eigenvalue weighted by molar-refractivity contribution is 9.10. The Morgan fingerprint density at radius 2 is 2.44 bits per heavy atom. The van der Waals surface area contributed by atoms with E-state index in [1.807, 2.05) is 13.2 Å². The zero-order valence-electron chi connectivity index (χ0n) is 9.11. The first-order valence-corrected chi connectivity index (χ1v) is 6.15. The Morgan fingerprint density at radius 3 is 2.94 bits per heavy atom. The van der Waals surface area contributed by atoms with Gasteiger partial charge in [-0.1, -0.05) is 0 Å². The summed E-state index contributed by atoms with van der Waals surface area (Å²) in [6, 6.07) is 1.76. The summed E-state index contributed by atoms with van der Waals surface area (Å²) in [6.45, 7) is 0.340. The van der Waals surface area contributed by atoms with Crippen LogP contribution in [0.5, 0.6) is 0 Å². The van der Waals surface area contributed by atoms with E-state index in [0.29, 0.717) is 18.2 Å². The molecule has 4 nitrogen and oxygen atoms in total. The number of aliphatic hydroxyl groups is 1. The summed E-state index contributed by atoms with van der Waals surface area (Å²) in [5, 5.41) is 12.4. The molecule has 1 aliphatic carbocycles. The first kappa shape index (κ1) is 11.7. The van der Waals surface area contributed by atoms with Gasteiger partial charge >= 0.3 is 0 Å². The Balaban J connectivity index is 1.89. The number of nitrogens with zero attached hydrogens (tertiary/aromatic N) is 1. The average Bonchev–Trinajstić information content (AvgIpc) is 3.01. The Labute approximate surface area is 103 Å². The number of aromatic nitrogens is 1. The van der Waals surface area contributed by atoms with Crippen molar-refractivity contribution in [2.75, 3.05) is 6.54 Å². The van der Waals surface area contributed by atoms with Gasteiger partial charge in [-0.05, 0) is 40.8 Å². The Bertz CT molecular complexity index is 399. The lowest BCUT2D eigenvalue weighted by molar-refractivity contribution is 0.0893. The van der Waals surface area contributed by atoms with Crippen LogP contribution in [0.15, 0.2) is 16.7 Å². The predicted molar refractivity (Wildman–Crippen MR) is 64.2 cm³/mol. The van der Waals surface area contributed by atoms with Crippen molar-refractivity contribution < 1.29 is 9.90 Å². The molecule has 1 fully saturated rings. The summed E-state index contributed by atoms with van der Waals surface area (Å²) >= 11 is 3.31. The molecular weight excluding hydrogens is 272 g/mol. The average molecular weight is 287 g/mol. The van der Waals surface area contributed by atoms with E-state index in [4.69, 9.17) is 0 Å². The van der Waals surface area contributed by atoms with Gasteiger partial charge in [-0.25, -0.2) is 0 Å². The number of carbonyl (C=O) groups is 1. The number of aryl methyl sites for hydroxylation is 1. The largest absolute Gasteiger partial charge is 0.391 e. The third-order valence-corrected chi connectivity index (χ3v) is 3.28. The van der Waals surface area contributed by atoms with E-state index >= 15 is 0 Å². The van der Waals surface area contributed by atoms with Gasteiger partial charge in [0.25, 0.3) is 5.91 Å². The summed E-state index contributed by atoms with van der Waals surface area (Å²) in [6.07, 6.45) is 3.58. The number of rotatable bonds is 4. The normalized spacial score (nSPS) is 17.2. The van der Waals surface area contributed by atoms with Crippen molar-refractivity contribution in [3.8, 4) is 0 Å². The number of amides is 1. The van der Waals surface area contributed by atoms with Crippen LogP contribution in [0.3, 0.4) is 0 Å². The van der Waals surface area contributed by atoms with Crippen molar-refractivity contribution in [3.05, 3.63) is 22.4 Å². The highest BCUT2D eigenvalue weighted by atomic mass is 79.9. The maximum Gasteiger partial charge on any atom is 0.268 e. The van der Waals surface area contributed by atoms with Crippen LogP contribution in [-0.4, -0.2) is 28.2 Å². The number of carbonyl (C=O) groups excluding carboxylic acids is 1. The number of halogens is 1. The van der Waals surface area contributed by atoms with E-state index in [0.717, 1.165) is 17.3 Å². The van der Waals surface area contributed by atoms with Crippen LogP contribution in [0.25, 0.3) is 0 Å². The molecule has 1 aromatic rings. The Hall–Kier alpha value is -0.810. The van der Waals surface area contributed by atoms with Gasteiger partial charge in [0.1, 0.15) is 5.69 Å². The van der Waals surface area contributed by atoms with Crippen LogP contribution >= 0.6 is 15.9 Å². The zero-order chi connectivity index (χ0) is 11.7. The number of hydrogen-bond donors (Lipinski definition) is 2. The van der Waals surface area contributed by atoms with Gasteiger partial charge < -0.3 is 15.0 Å². The van der Waals surface area contributed by atoms with E-state index in [9.17, 15) is 9.90 Å². The highest BCUT2D eigenvalue weighted by Crippen LogP contribution is 2.32. The standard InChI is InChI=1S/C11H15BrN2O2/c1-14-6-8(12)4-9(14)11(16)13-5-10(15)7-2-3-7/h4,6-7,10,15H,2-3,5H2,1H3,(H,13,16). The maximum absolute atomic E-state index is 11.8. The topological polar surface area (TPSA) is 54.3 Å². The minimum Gasteiger partial charge on any atom is -0.391 e. The van der Waals surface area contributed by atoms with Crippen molar-refractivity contribution in [2.24, 2.45) is 13.0 Å². The Morgan fingerprint density at radius 1 is 1.75 bits per heavy atom. The monoisotopic (exact) mass is 286 g/mol. The summed E-state index contributed by atoms with van der Waals surface area (Å²) in [5.74, 6) is 0.244. The van der Waals surface area contributed by atoms with Crippen LogP contribution in [0.1, 0.15) is 23.3 Å². The highest BCUT2D eigenvalue weighted by Gasteiger charge is 2.29. The third-order valence-electron chi connectivity index (χ3n) is 2.84. The first-order chi connectivity index (χ1) is 7.58. The van der Waals surface area contributed by atoms with E-state index < -0.39 is 6.10 Å². The molecule has 1 heterocycles. The molecule has 0 radical (unpaired) electrons. The molecule has 1 aliphatic rings. The minimum atomic E-state index is -0.396. The molecule has 2 rings (SSSR count). The van der Waals surface area contributed by atoms with Crippen LogP contribution in [-0.2, 0) is 7.05 Å². The quantitative estimate of drug-likeness (QED) is 0.876. The van der Waals surface area contributed by atoms with Gasteiger partial charge in [-0.2, -0.15) is 0 Å². The number of hydrogen-bond acceptors (Lipinski definition) is 2. The van der Waals surface area contributed by atoms with Crippen LogP contribution in [0, 0.1) is 5.92 Å². The molecule has 0 aliphatic heterocycles. The molecule has 5 heteroatoms. The zero-order valence-corrected chi connectivity index (χ0v) is 10.7. The Kier molecular flexibility index (Phi) is 3.35. The lowest BCUT2D eigenvalue weighted by Crippen LogP contribution is -2.33. The van der Waals surface area contributed by atoms with Gasteiger partial charge in [0, 0.05) is 24.3 Å². The van der Waals surface area contributed by atoms with Gasteiger partial charge in [-0.3, -0.25) is 4.79 Å². The fraction of sp³-hybridized carbons (Fsp3) is 0.545. The van der Waals surface area contributed by atoms with Crippen molar-refractivity contribution in [1.82, 2.24) is 9.88 Å². The fourth-order valence-corrected chi connectivity index (χ4v) is 2.21. The van der Waals surface area contributed by atoms with Crippen LogP contribution in [0.4, 0.5) is 0 Å². The SMILES string of the molecule is Cn1cc(Br)cc1C(=O)NCC(O)C1CC1. The smallest absolute Gasteiger partial charge is 0.268 e. The van der Waals surface area contributed by atoms with E-state index in [1.165, 1.54) is 0 Å². The van der Waals surface area contributed by atoms with E-state index in [-0.39, 0.29) is 5.91 Å².